The van der Waals surface area contributed by atoms with Crippen LogP contribution in [0.5, 0.6) is 0 Å². The van der Waals surface area contributed by atoms with Crippen LogP contribution in [0.3, 0.4) is 0 Å². The van der Waals surface area contributed by atoms with Crippen LogP contribution in [0, 0.1) is 18.8 Å². The largest absolute Gasteiger partial charge is 0.0952 e. The Morgan fingerprint density at radius 1 is 0.885 bits per heavy atom. The van der Waals surface area contributed by atoms with E-state index in [0.29, 0.717) is 11.8 Å². The van der Waals surface area contributed by atoms with Gasteiger partial charge in [-0.1, -0.05) is 83.2 Å². The van der Waals surface area contributed by atoms with Crippen molar-refractivity contribution < 1.29 is 0 Å². The Hall–Kier alpha value is -1.82. The summed E-state index contributed by atoms with van der Waals surface area (Å²) in [7, 11) is 0. The molecule has 0 saturated carbocycles. The van der Waals surface area contributed by atoms with E-state index in [1.54, 1.807) is 0 Å². The third kappa shape index (κ3) is 5.34. The molecule has 0 N–H and O–H groups in total. The maximum atomic E-state index is 4.41. The Morgan fingerprint density at radius 3 is 2.04 bits per heavy atom. The van der Waals surface area contributed by atoms with Gasteiger partial charge in [-0.3, -0.25) is 0 Å². The van der Waals surface area contributed by atoms with Crippen LogP contribution >= 0.6 is 0 Å². The van der Waals surface area contributed by atoms with E-state index in [2.05, 4.69) is 84.5 Å². The van der Waals surface area contributed by atoms with Crippen LogP contribution in [0.25, 0.3) is 16.7 Å². The topological polar surface area (TPSA) is 0 Å². The summed E-state index contributed by atoms with van der Waals surface area (Å²) in [6.07, 6.45) is 4.49. The fourth-order valence-electron chi connectivity index (χ4n) is 3.55. The zero-order valence-electron chi connectivity index (χ0n) is 17.7. The fourth-order valence-corrected chi connectivity index (χ4v) is 3.55. The normalized spacial score (nSPS) is 11.4. The second-order valence-electron chi connectivity index (χ2n) is 8.52. The van der Waals surface area contributed by atoms with Crippen molar-refractivity contribution in [3.05, 3.63) is 65.2 Å². The van der Waals surface area contributed by atoms with Crippen molar-refractivity contribution >= 4 is 5.57 Å². The van der Waals surface area contributed by atoms with Crippen molar-refractivity contribution in [3.8, 4) is 11.1 Å². The molecule has 0 unspecified atom stereocenters. The predicted molar refractivity (Wildman–Crippen MR) is 118 cm³/mol. The molecule has 0 aliphatic rings. The molecular formula is C26H36. The summed E-state index contributed by atoms with van der Waals surface area (Å²) < 4.78 is 0. The second kappa shape index (κ2) is 9.21. The highest BCUT2D eigenvalue weighted by molar-refractivity contribution is 5.75. The first-order chi connectivity index (χ1) is 12.3. The highest BCUT2D eigenvalue weighted by atomic mass is 14.2. The van der Waals surface area contributed by atoms with Crippen LogP contribution in [0.1, 0.15) is 69.7 Å². The first-order valence-corrected chi connectivity index (χ1v) is 10.2. The van der Waals surface area contributed by atoms with Crippen LogP contribution in [-0.2, 0) is 12.8 Å². The summed E-state index contributed by atoms with van der Waals surface area (Å²) in [6, 6.07) is 13.8. The number of rotatable bonds is 8. The first-order valence-electron chi connectivity index (χ1n) is 10.2. The molecule has 140 valence electrons. The van der Waals surface area contributed by atoms with Gasteiger partial charge in [-0.2, -0.15) is 0 Å². The van der Waals surface area contributed by atoms with Crippen LogP contribution in [0.2, 0.25) is 0 Å². The molecule has 0 heterocycles. The molecule has 0 bridgehead atoms. The van der Waals surface area contributed by atoms with E-state index in [9.17, 15) is 0 Å². The standard InChI is InChI=1S/C26H36/c1-8-21(7)26-23(12-9-18(2)3)16-24(17-25(26)15-19(4)5)22-13-10-20(6)11-14-22/h10-11,13-14,16-19H,7-9,12,15H2,1-6H3. The van der Waals surface area contributed by atoms with Gasteiger partial charge in [0.25, 0.3) is 0 Å². The van der Waals surface area contributed by atoms with Gasteiger partial charge in [-0.15, -0.1) is 0 Å². The van der Waals surface area contributed by atoms with Gasteiger partial charge in [0.2, 0.25) is 0 Å². The predicted octanol–water partition coefficient (Wildman–Crippen LogP) is 7.87. The first kappa shape index (κ1) is 20.5. The Bertz CT molecular complexity index is 729. The summed E-state index contributed by atoms with van der Waals surface area (Å²) in [4.78, 5) is 0. The van der Waals surface area contributed by atoms with Crippen LogP contribution < -0.4 is 0 Å². The van der Waals surface area contributed by atoms with E-state index in [1.807, 2.05) is 0 Å². The van der Waals surface area contributed by atoms with Gasteiger partial charge >= 0.3 is 0 Å². The van der Waals surface area contributed by atoms with Gasteiger partial charge in [0.15, 0.2) is 0 Å². The van der Waals surface area contributed by atoms with E-state index < -0.39 is 0 Å². The maximum Gasteiger partial charge on any atom is -0.0166 e. The smallest absolute Gasteiger partial charge is 0.0166 e. The molecule has 2 rings (SSSR count). The molecule has 0 saturated heterocycles. The van der Waals surface area contributed by atoms with Crippen LogP contribution in [0.15, 0.2) is 43.0 Å². The molecule has 0 aromatic heterocycles. The summed E-state index contributed by atoms with van der Waals surface area (Å²) in [5, 5.41) is 0. The molecule has 2 aromatic carbocycles. The fraction of sp³-hybridized carbons (Fsp3) is 0.462. The lowest BCUT2D eigenvalue weighted by Crippen LogP contribution is -2.05. The number of benzene rings is 2. The van der Waals surface area contributed by atoms with Gasteiger partial charge in [-0.25, -0.2) is 0 Å². The van der Waals surface area contributed by atoms with Crippen molar-refractivity contribution in [2.45, 2.75) is 67.2 Å². The monoisotopic (exact) mass is 348 g/mol. The quantitative estimate of drug-likeness (QED) is 0.455. The zero-order chi connectivity index (χ0) is 19.3. The van der Waals surface area contributed by atoms with Crippen molar-refractivity contribution in [1.82, 2.24) is 0 Å². The van der Waals surface area contributed by atoms with E-state index in [-0.39, 0.29) is 0 Å². The minimum absolute atomic E-state index is 0.643. The molecule has 0 radical (unpaired) electrons. The lowest BCUT2D eigenvalue weighted by Gasteiger charge is -2.21. The number of hydrogen-bond acceptors (Lipinski definition) is 0. The summed E-state index contributed by atoms with van der Waals surface area (Å²) >= 11 is 0. The Morgan fingerprint density at radius 2 is 1.50 bits per heavy atom. The Kier molecular flexibility index (Phi) is 7.26. The van der Waals surface area contributed by atoms with E-state index in [0.717, 1.165) is 19.3 Å². The third-order valence-electron chi connectivity index (χ3n) is 5.09. The number of hydrogen-bond donors (Lipinski definition) is 0. The average Bonchev–Trinajstić information content (AvgIpc) is 2.59. The van der Waals surface area contributed by atoms with Crippen LogP contribution in [0.4, 0.5) is 0 Å². The van der Waals surface area contributed by atoms with Crippen molar-refractivity contribution in [2.24, 2.45) is 11.8 Å². The average molecular weight is 349 g/mol. The molecule has 26 heavy (non-hydrogen) atoms. The van der Waals surface area contributed by atoms with Crippen molar-refractivity contribution in [2.75, 3.05) is 0 Å². The number of aryl methyl sites for hydroxylation is 2. The van der Waals surface area contributed by atoms with E-state index >= 15 is 0 Å². The molecule has 0 heteroatoms. The molecule has 0 fully saturated rings. The summed E-state index contributed by atoms with van der Waals surface area (Å²) in [5.41, 5.74) is 9.68. The van der Waals surface area contributed by atoms with E-state index in [4.69, 9.17) is 0 Å². The molecule has 2 aromatic rings. The molecule has 0 spiro atoms. The molecule has 0 nitrogen and oxygen atoms in total. The maximum absolute atomic E-state index is 4.41. The zero-order valence-corrected chi connectivity index (χ0v) is 17.7. The number of allylic oxidation sites excluding steroid dienone is 1. The van der Waals surface area contributed by atoms with Gasteiger partial charge in [0.05, 0.1) is 0 Å². The Balaban J connectivity index is 2.60. The van der Waals surface area contributed by atoms with Gasteiger partial charge in [-0.05, 0) is 77.8 Å². The lowest BCUT2D eigenvalue weighted by molar-refractivity contribution is 0.585. The second-order valence-corrected chi connectivity index (χ2v) is 8.52. The highest BCUT2D eigenvalue weighted by Crippen LogP contribution is 2.33. The van der Waals surface area contributed by atoms with Crippen LogP contribution in [-0.4, -0.2) is 0 Å². The summed E-state index contributed by atoms with van der Waals surface area (Å²) in [5.74, 6) is 1.36. The van der Waals surface area contributed by atoms with E-state index in [1.165, 1.54) is 45.4 Å². The third-order valence-corrected chi connectivity index (χ3v) is 5.09. The lowest BCUT2D eigenvalue weighted by atomic mass is 9.84. The van der Waals surface area contributed by atoms with Gasteiger partial charge in [0.1, 0.15) is 0 Å². The van der Waals surface area contributed by atoms with Crippen molar-refractivity contribution in [1.29, 1.82) is 0 Å². The van der Waals surface area contributed by atoms with Gasteiger partial charge < -0.3 is 0 Å². The minimum Gasteiger partial charge on any atom is -0.0952 e. The molecule has 0 amide bonds. The summed E-state index contributed by atoms with van der Waals surface area (Å²) in [6.45, 7) is 18.0. The molecule has 0 atom stereocenters. The highest BCUT2D eigenvalue weighted by Gasteiger charge is 2.15. The Labute approximate surface area is 161 Å². The SMILES string of the molecule is C=C(CC)c1c(CCC(C)C)cc(-c2ccc(C)cc2)cc1CC(C)C. The van der Waals surface area contributed by atoms with Gasteiger partial charge in [0, 0.05) is 0 Å². The van der Waals surface area contributed by atoms with Crippen molar-refractivity contribution in [3.63, 3.8) is 0 Å². The molecule has 0 aliphatic carbocycles. The molecular weight excluding hydrogens is 312 g/mol. The molecule has 0 aliphatic heterocycles. The minimum atomic E-state index is 0.643.